The monoisotopic (exact) mass is 260 g/mol. The van der Waals surface area contributed by atoms with E-state index in [9.17, 15) is 4.79 Å². The van der Waals surface area contributed by atoms with Crippen LogP contribution in [0.25, 0.3) is 5.69 Å². The zero-order valence-corrected chi connectivity index (χ0v) is 10.9. The Morgan fingerprint density at radius 3 is 2.63 bits per heavy atom. The molecule has 6 nitrogen and oxygen atoms in total. The largest absolute Gasteiger partial charge is 0.478 e. The SMILES string of the molecule is CCc1nc(CC)n(-c2ccc(C(=O)O)cc2N)n1. The molecule has 19 heavy (non-hydrogen) atoms. The number of carbonyl (C=O) groups is 1. The van der Waals surface area contributed by atoms with Crippen molar-refractivity contribution in [3.63, 3.8) is 0 Å². The van der Waals surface area contributed by atoms with Crippen LogP contribution >= 0.6 is 0 Å². The number of aromatic nitrogens is 3. The Hall–Kier alpha value is -2.37. The molecule has 0 amide bonds. The summed E-state index contributed by atoms with van der Waals surface area (Å²) in [5.74, 6) is 0.562. The van der Waals surface area contributed by atoms with E-state index in [1.807, 2.05) is 13.8 Å². The van der Waals surface area contributed by atoms with E-state index in [0.717, 1.165) is 24.5 Å². The maximum atomic E-state index is 10.9. The standard InChI is InChI=1S/C13H16N4O2/c1-3-11-15-12(4-2)17(16-11)10-6-5-8(13(18)19)7-9(10)14/h5-7H,3-4,14H2,1-2H3,(H,18,19). The molecule has 0 radical (unpaired) electrons. The highest BCUT2D eigenvalue weighted by Crippen LogP contribution is 2.20. The van der Waals surface area contributed by atoms with Gasteiger partial charge in [-0.2, -0.15) is 5.10 Å². The number of hydrogen-bond donors (Lipinski definition) is 2. The number of hydrogen-bond acceptors (Lipinski definition) is 4. The third-order valence-electron chi connectivity index (χ3n) is 2.85. The first kappa shape index (κ1) is 13.1. The maximum absolute atomic E-state index is 10.9. The second-order valence-corrected chi connectivity index (χ2v) is 4.14. The van der Waals surface area contributed by atoms with E-state index >= 15 is 0 Å². The first-order valence-electron chi connectivity index (χ1n) is 6.14. The molecule has 6 heteroatoms. The minimum atomic E-state index is -0.998. The van der Waals surface area contributed by atoms with Gasteiger partial charge in [0.15, 0.2) is 5.82 Å². The molecule has 2 rings (SSSR count). The summed E-state index contributed by atoms with van der Waals surface area (Å²) < 4.78 is 1.68. The van der Waals surface area contributed by atoms with Crippen LogP contribution < -0.4 is 5.73 Å². The van der Waals surface area contributed by atoms with Crippen molar-refractivity contribution in [1.82, 2.24) is 14.8 Å². The number of aromatic carboxylic acids is 1. The molecule has 0 atom stereocenters. The number of nitrogens with two attached hydrogens (primary N) is 1. The van der Waals surface area contributed by atoms with Crippen molar-refractivity contribution < 1.29 is 9.90 Å². The number of aryl methyl sites for hydroxylation is 2. The van der Waals surface area contributed by atoms with E-state index in [0.29, 0.717) is 11.4 Å². The highest BCUT2D eigenvalue weighted by molar-refractivity contribution is 5.89. The van der Waals surface area contributed by atoms with Gasteiger partial charge >= 0.3 is 5.97 Å². The second kappa shape index (κ2) is 5.09. The molecule has 2 aromatic rings. The predicted octanol–water partition coefficient (Wildman–Crippen LogP) is 1.67. The van der Waals surface area contributed by atoms with Gasteiger partial charge in [-0.25, -0.2) is 14.5 Å². The molecule has 1 aromatic heterocycles. The second-order valence-electron chi connectivity index (χ2n) is 4.14. The van der Waals surface area contributed by atoms with Crippen LogP contribution in [0.5, 0.6) is 0 Å². The summed E-state index contributed by atoms with van der Waals surface area (Å²) in [5.41, 5.74) is 7.11. The van der Waals surface area contributed by atoms with Crippen LogP contribution in [0, 0.1) is 0 Å². The molecule has 100 valence electrons. The molecular weight excluding hydrogens is 244 g/mol. The van der Waals surface area contributed by atoms with E-state index < -0.39 is 5.97 Å². The summed E-state index contributed by atoms with van der Waals surface area (Å²) in [7, 11) is 0. The van der Waals surface area contributed by atoms with E-state index in [1.165, 1.54) is 12.1 Å². The Morgan fingerprint density at radius 1 is 1.37 bits per heavy atom. The molecule has 0 aliphatic carbocycles. The van der Waals surface area contributed by atoms with Crippen molar-refractivity contribution >= 4 is 11.7 Å². The average molecular weight is 260 g/mol. The molecule has 0 bridgehead atoms. The molecule has 0 saturated heterocycles. The first-order chi connectivity index (χ1) is 9.06. The third-order valence-corrected chi connectivity index (χ3v) is 2.85. The Bertz CT molecular complexity index is 619. The van der Waals surface area contributed by atoms with Gasteiger partial charge in [0.05, 0.1) is 16.9 Å². The lowest BCUT2D eigenvalue weighted by molar-refractivity contribution is 0.0697. The molecule has 0 aliphatic heterocycles. The fourth-order valence-electron chi connectivity index (χ4n) is 1.84. The lowest BCUT2D eigenvalue weighted by Crippen LogP contribution is -2.07. The van der Waals surface area contributed by atoms with Gasteiger partial charge in [0.1, 0.15) is 5.82 Å². The molecule has 0 aliphatic rings. The van der Waals surface area contributed by atoms with E-state index in [2.05, 4.69) is 10.1 Å². The zero-order valence-electron chi connectivity index (χ0n) is 10.9. The quantitative estimate of drug-likeness (QED) is 0.815. The van der Waals surface area contributed by atoms with E-state index in [4.69, 9.17) is 10.8 Å². The minimum absolute atomic E-state index is 0.162. The lowest BCUT2D eigenvalue weighted by atomic mass is 10.1. The van der Waals surface area contributed by atoms with Crippen LogP contribution in [-0.2, 0) is 12.8 Å². The lowest BCUT2D eigenvalue weighted by Gasteiger charge is -2.08. The van der Waals surface area contributed by atoms with Crippen LogP contribution in [0.4, 0.5) is 5.69 Å². The van der Waals surface area contributed by atoms with Crippen LogP contribution in [0.1, 0.15) is 35.9 Å². The van der Waals surface area contributed by atoms with Crippen LogP contribution in [0.15, 0.2) is 18.2 Å². The average Bonchev–Trinajstić information content (AvgIpc) is 2.81. The maximum Gasteiger partial charge on any atom is 0.335 e. The Balaban J connectivity index is 2.52. The topological polar surface area (TPSA) is 94.0 Å². The van der Waals surface area contributed by atoms with Gasteiger partial charge in [-0.3, -0.25) is 0 Å². The summed E-state index contributed by atoms with van der Waals surface area (Å²) in [5, 5.41) is 13.3. The van der Waals surface area contributed by atoms with Gasteiger partial charge in [-0.05, 0) is 18.2 Å². The van der Waals surface area contributed by atoms with Gasteiger partial charge in [0.2, 0.25) is 0 Å². The van der Waals surface area contributed by atoms with E-state index in [-0.39, 0.29) is 5.56 Å². The number of nitrogen functional groups attached to an aromatic ring is 1. The fourth-order valence-corrected chi connectivity index (χ4v) is 1.84. The van der Waals surface area contributed by atoms with Crippen LogP contribution in [-0.4, -0.2) is 25.8 Å². The number of carboxylic acids is 1. The zero-order chi connectivity index (χ0) is 14.0. The van der Waals surface area contributed by atoms with Crippen molar-refractivity contribution in [2.24, 2.45) is 0 Å². The number of rotatable bonds is 4. The van der Waals surface area contributed by atoms with Crippen molar-refractivity contribution in [2.75, 3.05) is 5.73 Å². The number of carboxylic acid groups (broad SMARTS) is 1. The Kier molecular flexibility index (Phi) is 3.50. The summed E-state index contributed by atoms with van der Waals surface area (Å²) in [6.45, 7) is 3.97. The predicted molar refractivity (Wildman–Crippen MR) is 71.5 cm³/mol. The van der Waals surface area contributed by atoms with Gasteiger partial charge in [0.25, 0.3) is 0 Å². The van der Waals surface area contributed by atoms with Crippen molar-refractivity contribution in [3.8, 4) is 5.69 Å². The molecule has 1 aromatic carbocycles. The van der Waals surface area contributed by atoms with Gasteiger partial charge in [-0.15, -0.1) is 0 Å². The fraction of sp³-hybridized carbons (Fsp3) is 0.308. The molecule has 1 heterocycles. The van der Waals surface area contributed by atoms with E-state index in [1.54, 1.807) is 10.7 Å². The molecule has 0 spiro atoms. The molecule has 0 unspecified atom stereocenters. The molecule has 0 saturated carbocycles. The highest BCUT2D eigenvalue weighted by atomic mass is 16.4. The van der Waals surface area contributed by atoms with Crippen LogP contribution in [0.2, 0.25) is 0 Å². The number of benzene rings is 1. The smallest absolute Gasteiger partial charge is 0.335 e. The summed E-state index contributed by atoms with van der Waals surface area (Å²) in [6, 6.07) is 4.61. The molecule has 0 fully saturated rings. The Morgan fingerprint density at radius 2 is 2.11 bits per heavy atom. The summed E-state index contributed by atoms with van der Waals surface area (Å²) in [6.07, 6.45) is 1.47. The summed E-state index contributed by atoms with van der Waals surface area (Å²) in [4.78, 5) is 15.3. The van der Waals surface area contributed by atoms with Gasteiger partial charge < -0.3 is 10.8 Å². The van der Waals surface area contributed by atoms with Crippen molar-refractivity contribution in [2.45, 2.75) is 26.7 Å². The molecule has 3 N–H and O–H groups in total. The highest BCUT2D eigenvalue weighted by Gasteiger charge is 2.13. The van der Waals surface area contributed by atoms with Gasteiger partial charge in [0, 0.05) is 12.8 Å². The van der Waals surface area contributed by atoms with Crippen LogP contribution in [0.3, 0.4) is 0 Å². The molecular formula is C13H16N4O2. The van der Waals surface area contributed by atoms with Gasteiger partial charge in [-0.1, -0.05) is 13.8 Å². The van der Waals surface area contributed by atoms with Crippen molar-refractivity contribution in [1.29, 1.82) is 0 Å². The Labute approximate surface area is 110 Å². The summed E-state index contributed by atoms with van der Waals surface area (Å²) >= 11 is 0. The number of anilines is 1. The minimum Gasteiger partial charge on any atom is -0.478 e. The normalized spacial score (nSPS) is 10.6. The third kappa shape index (κ3) is 2.42. The first-order valence-corrected chi connectivity index (χ1v) is 6.14. The van der Waals surface area contributed by atoms with Crippen molar-refractivity contribution in [3.05, 3.63) is 35.4 Å². The number of nitrogens with zero attached hydrogens (tertiary/aromatic N) is 3.